The quantitative estimate of drug-likeness (QED) is 0.906. The summed E-state index contributed by atoms with van der Waals surface area (Å²) in [6.45, 7) is 0.344. The molecule has 2 N–H and O–H groups in total. The van der Waals surface area contributed by atoms with E-state index in [1.165, 1.54) is 16.8 Å². The number of nitrogens with zero attached hydrogens (tertiary/aromatic N) is 3. The van der Waals surface area contributed by atoms with Crippen molar-refractivity contribution in [2.75, 3.05) is 16.8 Å². The molecule has 108 valence electrons. The molecule has 1 aromatic carbocycles. The van der Waals surface area contributed by atoms with Crippen LogP contribution in [0.5, 0.6) is 0 Å². The molecule has 0 fully saturated rings. The SMILES string of the molecule is O=C(O)CC1CN(C(=O)Nc2nncs2)c2ccccc21. The van der Waals surface area contributed by atoms with Crippen molar-refractivity contribution in [2.24, 2.45) is 0 Å². The Balaban J connectivity index is 1.83. The average molecular weight is 304 g/mol. The smallest absolute Gasteiger partial charge is 0.328 e. The summed E-state index contributed by atoms with van der Waals surface area (Å²) in [5, 5.41) is 19.5. The number of benzene rings is 1. The molecule has 1 aromatic heterocycles. The minimum atomic E-state index is -0.874. The Morgan fingerprint density at radius 3 is 2.95 bits per heavy atom. The molecule has 8 heteroatoms. The maximum absolute atomic E-state index is 12.3. The van der Waals surface area contributed by atoms with Gasteiger partial charge >= 0.3 is 12.0 Å². The van der Waals surface area contributed by atoms with E-state index < -0.39 is 5.97 Å². The molecule has 1 aliphatic rings. The molecule has 2 aromatic rings. The molecule has 21 heavy (non-hydrogen) atoms. The molecule has 7 nitrogen and oxygen atoms in total. The Hall–Kier alpha value is -2.48. The third-order valence-corrected chi connectivity index (χ3v) is 3.92. The number of rotatable bonds is 3. The van der Waals surface area contributed by atoms with Crippen molar-refractivity contribution < 1.29 is 14.7 Å². The normalized spacial score (nSPS) is 16.6. The molecule has 0 saturated heterocycles. The van der Waals surface area contributed by atoms with Crippen molar-refractivity contribution in [3.63, 3.8) is 0 Å². The number of carbonyl (C=O) groups is 2. The van der Waals surface area contributed by atoms with Gasteiger partial charge in [0.25, 0.3) is 0 Å². The third-order valence-electron chi connectivity index (χ3n) is 3.31. The molecule has 0 bridgehead atoms. The van der Waals surface area contributed by atoms with Crippen LogP contribution in [0.3, 0.4) is 0 Å². The molecule has 1 aliphatic heterocycles. The number of hydrogen-bond donors (Lipinski definition) is 2. The summed E-state index contributed by atoms with van der Waals surface area (Å²) in [5.41, 5.74) is 3.15. The van der Waals surface area contributed by atoms with Gasteiger partial charge in [-0.2, -0.15) is 0 Å². The topological polar surface area (TPSA) is 95.4 Å². The average Bonchev–Trinajstić information content (AvgIpc) is 3.07. The predicted octanol–water partition coefficient (Wildman–Crippen LogP) is 2.15. The summed E-state index contributed by atoms with van der Waals surface area (Å²) < 4.78 is 0. The lowest BCUT2D eigenvalue weighted by molar-refractivity contribution is -0.137. The number of para-hydroxylation sites is 1. The van der Waals surface area contributed by atoms with E-state index in [0.29, 0.717) is 11.7 Å². The van der Waals surface area contributed by atoms with Crippen molar-refractivity contribution in [1.29, 1.82) is 0 Å². The van der Waals surface area contributed by atoms with Crippen LogP contribution < -0.4 is 10.2 Å². The fourth-order valence-corrected chi connectivity index (χ4v) is 2.89. The lowest BCUT2D eigenvalue weighted by atomic mass is 9.98. The summed E-state index contributed by atoms with van der Waals surface area (Å²) in [5.74, 6) is -1.07. The maximum Gasteiger partial charge on any atom is 0.328 e. The number of fused-ring (bicyclic) bond motifs is 1. The summed E-state index contributed by atoms with van der Waals surface area (Å²) in [4.78, 5) is 24.8. The van der Waals surface area contributed by atoms with Gasteiger partial charge in [0.05, 0.1) is 6.42 Å². The standard InChI is InChI=1S/C13H12N4O3S/c18-11(19)5-8-6-17(10-4-2-1-3-9(8)10)13(20)15-12-16-14-7-21-12/h1-4,7-8H,5-6H2,(H,18,19)(H,15,16,20). The Labute approximate surface area is 124 Å². The zero-order valence-corrected chi connectivity index (χ0v) is 11.7. The highest BCUT2D eigenvalue weighted by Crippen LogP contribution is 2.38. The summed E-state index contributed by atoms with van der Waals surface area (Å²) in [6.07, 6.45) is -0.000396. The Morgan fingerprint density at radius 2 is 2.24 bits per heavy atom. The predicted molar refractivity (Wildman–Crippen MR) is 77.7 cm³/mol. The number of hydrogen-bond acceptors (Lipinski definition) is 5. The number of amides is 2. The van der Waals surface area contributed by atoms with Crippen LogP contribution in [0.2, 0.25) is 0 Å². The van der Waals surface area contributed by atoms with Crippen LogP contribution in [-0.4, -0.2) is 33.8 Å². The first-order valence-electron chi connectivity index (χ1n) is 6.30. The third kappa shape index (κ3) is 2.70. The number of aromatic nitrogens is 2. The largest absolute Gasteiger partial charge is 0.481 e. The van der Waals surface area contributed by atoms with Crippen LogP contribution >= 0.6 is 11.3 Å². The van der Waals surface area contributed by atoms with E-state index in [1.54, 1.807) is 4.90 Å². The molecule has 2 amide bonds. The molecule has 2 heterocycles. The maximum atomic E-state index is 12.3. The van der Waals surface area contributed by atoms with Gasteiger partial charge in [-0.05, 0) is 11.6 Å². The number of carboxylic acids is 1. The van der Waals surface area contributed by atoms with Gasteiger partial charge in [-0.3, -0.25) is 15.0 Å². The van der Waals surface area contributed by atoms with E-state index >= 15 is 0 Å². The first-order chi connectivity index (χ1) is 10.1. The second kappa shape index (κ2) is 5.49. The fraction of sp³-hybridized carbons (Fsp3) is 0.231. The monoisotopic (exact) mass is 304 g/mol. The highest BCUT2D eigenvalue weighted by Gasteiger charge is 2.33. The van der Waals surface area contributed by atoms with Gasteiger partial charge in [-0.15, -0.1) is 10.2 Å². The van der Waals surface area contributed by atoms with Gasteiger partial charge in [0, 0.05) is 18.2 Å². The van der Waals surface area contributed by atoms with Gasteiger partial charge in [0.1, 0.15) is 5.51 Å². The van der Waals surface area contributed by atoms with Crippen molar-refractivity contribution in [1.82, 2.24) is 10.2 Å². The highest BCUT2D eigenvalue weighted by molar-refractivity contribution is 7.13. The van der Waals surface area contributed by atoms with Gasteiger partial charge in [-0.25, -0.2) is 4.79 Å². The number of carboxylic acid groups (broad SMARTS) is 1. The Bertz CT molecular complexity index is 674. The molecule has 0 aliphatic carbocycles. The molecular formula is C13H12N4O3S. The van der Waals surface area contributed by atoms with E-state index in [4.69, 9.17) is 5.11 Å². The second-order valence-corrected chi connectivity index (χ2v) is 5.47. The molecule has 0 radical (unpaired) electrons. The van der Waals surface area contributed by atoms with E-state index in [0.717, 1.165) is 11.3 Å². The molecule has 0 saturated carbocycles. The number of carbonyl (C=O) groups excluding carboxylic acids is 1. The van der Waals surface area contributed by atoms with Crippen LogP contribution in [0.15, 0.2) is 29.8 Å². The summed E-state index contributed by atoms with van der Waals surface area (Å²) in [6, 6.07) is 7.03. The molecule has 1 atom stereocenters. The van der Waals surface area contributed by atoms with Crippen LogP contribution in [0.25, 0.3) is 0 Å². The van der Waals surface area contributed by atoms with Gasteiger partial charge in [0.15, 0.2) is 0 Å². The lowest BCUT2D eigenvalue weighted by Gasteiger charge is -2.17. The Kier molecular flexibility index (Phi) is 3.53. The summed E-state index contributed by atoms with van der Waals surface area (Å²) >= 11 is 1.23. The zero-order chi connectivity index (χ0) is 14.8. The molecule has 1 unspecified atom stereocenters. The van der Waals surface area contributed by atoms with E-state index in [2.05, 4.69) is 15.5 Å². The van der Waals surface area contributed by atoms with E-state index in [1.807, 2.05) is 24.3 Å². The van der Waals surface area contributed by atoms with E-state index in [-0.39, 0.29) is 18.4 Å². The van der Waals surface area contributed by atoms with Crippen LogP contribution in [-0.2, 0) is 4.79 Å². The minimum absolute atomic E-state index is 0.000396. The van der Waals surface area contributed by atoms with Crippen molar-refractivity contribution in [2.45, 2.75) is 12.3 Å². The van der Waals surface area contributed by atoms with Crippen LogP contribution in [0.1, 0.15) is 17.9 Å². The number of aliphatic carboxylic acids is 1. The van der Waals surface area contributed by atoms with Crippen molar-refractivity contribution in [3.05, 3.63) is 35.3 Å². The number of anilines is 2. The molecule has 0 spiro atoms. The number of urea groups is 1. The fourth-order valence-electron chi connectivity index (χ4n) is 2.46. The van der Waals surface area contributed by atoms with Gasteiger partial charge < -0.3 is 5.11 Å². The lowest BCUT2D eigenvalue weighted by Crippen LogP contribution is -2.34. The minimum Gasteiger partial charge on any atom is -0.481 e. The van der Waals surface area contributed by atoms with E-state index in [9.17, 15) is 9.59 Å². The zero-order valence-electron chi connectivity index (χ0n) is 10.9. The second-order valence-electron chi connectivity index (χ2n) is 4.64. The van der Waals surface area contributed by atoms with Crippen molar-refractivity contribution in [3.8, 4) is 0 Å². The van der Waals surface area contributed by atoms with Gasteiger partial charge in [0.2, 0.25) is 5.13 Å². The van der Waals surface area contributed by atoms with Crippen molar-refractivity contribution >= 4 is 34.2 Å². The van der Waals surface area contributed by atoms with Gasteiger partial charge in [-0.1, -0.05) is 29.5 Å². The van der Waals surface area contributed by atoms with Crippen LogP contribution in [0.4, 0.5) is 15.6 Å². The number of nitrogens with one attached hydrogen (secondary N) is 1. The highest BCUT2D eigenvalue weighted by atomic mass is 32.1. The Morgan fingerprint density at radius 1 is 1.43 bits per heavy atom. The first kappa shape index (κ1) is 13.5. The molecule has 3 rings (SSSR count). The van der Waals surface area contributed by atoms with Crippen LogP contribution in [0, 0.1) is 0 Å². The molecular weight excluding hydrogens is 292 g/mol. The summed E-state index contributed by atoms with van der Waals surface area (Å²) in [7, 11) is 0. The first-order valence-corrected chi connectivity index (χ1v) is 7.18.